The zero-order valence-electron chi connectivity index (χ0n) is 27.2. The standard InChI is InChI=1S/C35H41FN8O3/c1-41(2)32(45)28-15-26-20-42(12-6-14-44(26)40-28)31-27-21-47-35(11-4-9-23-7-3-8-24(18-37)30(23)35)17-29(27)38-33(39-31)46-22-34-10-5-13-43(34)19-25(36)16-34/h3,7-8,15,25H,4-6,9-14,16-17,19-22H2,1-2H3/t25-,34?,35-/m1/s1. The van der Waals surface area contributed by atoms with Crippen LogP contribution < -0.4 is 9.64 Å². The third kappa shape index (κ3) is 5.15. The number of aromatic nitrogens is 4. The predicted octanol–water partition coefficient (Wildman–Crippen LogP) is 3.92. The smallest absolute Gasteiger partial charge is 0.318 e. The Kier molecular flexibility index (Phi) is 7.44. The van der Waals surface area contributed by atoms with Gasteiger partial charge >= 0.3 is 6.01 Å². The van der Waals surface area contributed by atoms with Crippen LogP contribution in [0.3, 0.4) is 0 Å². The molecule has 6 heterocycles. The third-order valence-corrected chi connectivity index (χ3v) is 10.9. The topological polar surface area (TPSA) is 113 Å². The number of carbonyl (C=O) groups is 1. The van der Waals surface area contributed by atoms with Crippen molar-refractivity contribution in [2.75, 3.05) is 45.2 Å². The van der Waals surface area contributed by atoms with Gasteiger partial charge in [0.15, 0.2) is 5.69 Å². The van der Waals surface area contributed by atoms with Crippen molar-refractivity contribution in [3.8, 4) is 12.1 Å². The summed E-state index contributed by atoms with van der Waals surface area (Å²) in [5.41, 5.74) is 4.99. The summed E-state index contributed by atoms with van der Waals surface area (Å²) in [5.74, 6) is 0.633. The molecule has 2 saturated heterocycles. The van der Waals surface area contributed by atoms with E-state index in [-0.39, 0.29) is 11.4 Å². The molecule has 1 unspecified atom stereocenters. The molecule has 3 atom stereocenters. The SMILES string of the molecule is CN(C)C(=O)c1cc2n(n1)CCCN(c1nc(OCC34CCCN3C[C@H](F)C4)nc3c1CO[C@]1(CCCc4cccc(C#N)c41)C3)C2. The first-order valence-electron chi connectivity index (χ1n) is 16.9. The second-order valence-electron chi connectivity index (χ2n) is 14.1. The summed E-state index contributed by atoms with van der Waals surface area (Å²) >= 11 is 0. The summed E-state index contributed by atoms with van der Waals surface area (Å²) in [7, 11) is 3.46. The van der Waals surface area contributed by atoms with Gasteiger partial charge in [-0.2, -0.15) is 20.3 Å². The van der Waals surface area contributed by atoms with E-state index in [2.05, 4.69) is 27.0 Å². The second-order valence-corrected chi connectivity index (χ2v) is 14.1. The van der Waals surface area contributed by atoms with Crippen LogP contribution in [0.2, 0.25) is 0 Å². The van der Waals surface area contributed by atoms with E-state index in [1.54, 1.807) is 19.0 Å². The van der Waals surface area contributed by atoms with Gasteiger partial charge in [0.1, 0.15) is 24.2 Å². The van der Waals surface area contributed by atoms with Crippen molar-refractivity contribution in [1.82, 2.24) is 29.5 Å². The minimum Gasteiger partial charge on any atom is -0.461 e. The minimum absolute atomic E-state index is 0.127. The van der Waals surface area contributed by atoms with Crippen LogP contribution in [0, 0.1) is 11.3 Å². The first kappa shape index (κ1) is 30.3. The van der Waals surface area contributed by atoms with E-state index in [0.717, 1.165) is 85.5 Å². The van der Waals surface area contributed by atoms with Crippen LogP contribution in [0.5, 0.6) is 6.01 Å². The van der Waals surface area contributed by atoms with Crippen molar-refractivity contribution in [3.63, 3.8) is 0 Å². The van der Waals surface area contributed by atoms with Crippen molar-refractivity contribution >= 4 is 11.7 Å². The number of alkyl halides is 1. The Morgan fingerprint density at radius 2 is 2.09 bits per heavy atom. The molecule has 1 amide bonds. The van der Waals surface area contributed by atoms with Crippen LogP contribution in [0.15, 0.2) is 24.3 Å². The van der Waals surface area contributed by atoms with Gasteiger partial charge in [-0.3, -0.25) is 14.4 Å². The second kappa shape index (κ2) is 11.6. The molecule has 2 fully saturated rings. The largest absolute Gasteiger partial charge is 0.461 e. The number of rotatable bonds is 5. The van der Waals surface area contributed by atoms with Crippen molar-refractivity contribution in [2.24, 2.45) is 0 Å². The molecule has 4 aliphatic heterocycles. The van der Waals surface area contributed by atoms with Gasteiger partial charge < -0.3 is 19.3 Å². The molecule has 12 heteroatoms. The highest BCUT2D eigenvalue weighted by Crippen LogP contribution is 2.47. The molecule has 1 aromatic carbocycles. The molecule has 0 radical (unpaired) electrons. The maximum absolute atomic E-state index is 14.6. The Bertz CT molecular complexity index is 1770. The van der Waals surface area contributed by atoms with Crippen LogP contribution in [0.4, 0.5) is 10.2 Å². The van der Waals surface area contributed by atoms with Crippen LogP contribution >= 0.6 is 0 Å². The summed E-state index contributed by atoms with van der Waals surface area (Å²) in [6.07, 6.45) is 5.57. The summed E-state index contributed by atoms with van der Waals surface area (Å²) in [6, 6.07) is 10.5. The lowest BCUT2D eigenvalue weighted by molar-refractivity contribution is -0.0857. The van der Waals surface area contributed by atoms with Gasteiger partial charge in [0.2, 0.25) is 0 Å². The zero-order chi connectivity index (χ0) is 32.3. The molecule has 246 valence electrons. The van der Waals surface area contributed by atoms with E-state index in [1.807, 2.05) is 22.9 Å². The number of amides is 1. The number of anilines is 1. The highest BCUT2D eigenvalue weighted by atomic mass is 19.1. The average Bonchev–Trinajstić information content (AvgIpc) is 3.69. The number of nitrogens with zero attached hydrogens (tertiary/aromatic N) is 8. The summed E-state index contributed by atoms with van der Waals surface area (Å²) in [6.45, 7) is 3.95. The molecule has 0 saturated carbocycles. The van der Waals surface area contributed by atoms with Crippen LogP contribution in [0.25, 0.3) is 0 Å². The molecule has 1 aliphatic carbocycles. The van der Waals surface area contributed by atoms with Gasteiger partial charge in [-0.15, -0.1) is 0 Å². The number of carbonyl (C=O) groups excluding carboxylic acids is 1. The number of nitriles is 1. The maximum Gasteiger partial charge on any atom is 0.318 e. The molecular weight excluding hydrogens is 599 g/mol. The highest BCUT2D eigenvalue weighted by molar-refractivity contribution is 5.92. The van der Waals surface area contributed by atoms with Gasteiger partial charge in [-0.1, -0.05) is 12.1 Å². The molecule has 11 nitrogen and oxygen atoms in total. The predicted molar refractivity (Wildman–Crippen MR) is 171 cm³/mol. The Balaban J connectivity index is 1.17. The molecule has 3 aromatic rings. The Labute approximate surface area is 274 Å². The van der Waals surface area contributed by atoms with E-state index in [0.29, 0.717) is 63.0 Å². The zero-order valence-corrected chi connectivity index (χ0v) is 27.2. The number of benzene rings is 1. The van der Waals surface area contributed by atoms with E-state index < -0.39 is 11.8 Å². The number of hydrogen-bond acceptors (Lipinski definition) is 9. The van der Waals surface area contributed by atoms with Crippen LogP contribution in [-0.4, -0.2) is 87.5 Å². The van der Waals surface area contributed by atoms with Crippen molar-refractivity contribution in [3.05, 3.63) is 63.6 Å². The van der Waals surface area contributed by atoms with Crippen molar-refractivity contribution < 1.29 is 18.7 Å². The van der Waals surface area contributed by atoms with E-state index in [4.69, 9.17) is 19.4 Å². The fourth-order valence-electron chi connectivity index (χ4n) is 8.72. The Morgan fingerprint density at radius 3 is 2.94 bits per heavy atom. The fraction of sp³-hybridized carbons (Fsp3) is 0.571. The molecule has 5 aliphatic rings. The van der Waals surface area contributed by atoms with Crippen LogP contribution in [0.1, 0.15) is 82.7 Å². The molecule has 0 N–H and O–H groups in total. The summed E-state index contributed by atoms with van der Waals surface area (Å²) < 4.78 is 29.8. The van der Waals surface area contributed by atoms with Crippen molar-refractivity contribution in [1.29, 1.82) is 5.26 Å². The minimum atomic E-state index is -0.845. The van der Waals surface area contributed by atoms with Gasteiger partial charge in [-0.25, -0.2) is 4.39 Å². The Hall–Kier alpha value is -4.08. The maximum atomic E-state index is 14.6. The van der Waals surface area contributed by atoms with Gasteiger partial charge in [0.05, 0.1) is 41.7 Å². The first-order valence-corrected chi connectivity index (χ1v) is 16.9. The number of ether oxygens (including phenoxy) is 2. The van der Waals surface area contributed by atoms with Gasteiger partial charge in [0.25, 0.3) is 5.91 Å². The van der Waals surface area contributed by atoms with Crippen molar-refractivity contribution in [2.45, 2.75) is 88.4 Å². The highest BCUT2D eigenvalue weighted by Gasteiger charge is 2.50. The Morgan fingerprint density at radius 1 is 1.19 bits per heavy atom. The monoisotopic (exact) mass is 640 g/mol. The molecular formula is C35H41FN8O3. The lowest BCUT2D eigenvalue weighted by atomic mass is 9.73. The van der Waals surface area contributed by atoms with Crippen LogP contribution in [-0.2, 0) is 42.9 Å². The number of hydrogen-bond donors (Lipinski definition) is 0. The first-order chi connectivity index (χ1) is 22.8. The summed E-state index contributed by atoms with van der Waals surface area (Å²) in [4.78, 5) is 28.8. The normalized spacial score (nSPS) is 26.6. The van der Waals surface area contributed by atoms with E-state index >= 15 is 0 Å². The number of aryl methyl sites for hydroxylation is 2. The molecule has 47 heavy (non-hydrogen) atoms. The number of halogens is 1. The summed E-state index contributed by atoms with van der Waals surface area (Å²) in [5, 5.41) is 14.7. The molecule has 8 rings (SSSR count). The fourth-order valence-corrected chi connectivity index (χ4v) is 8.72. The molecule has 0 bridgehead atoms. The quantitative estimate of drug-likeness (QED) is 0.410. The third-order valence-electron chi connectivity index (χ3n) is 10.9. The molecule has 2 aromatic heterocycles. The number of fused-ring (bicyclic) bond motifs is 5. The van der Waals surface area contributed by atoms with Gasteiger partial charge in [0, 0.05) is 57.7 Å². The van der Waals surface area contributed by atoms with E-state index in [1.165, 1.54) is 0 Å². The van der Waals surface area contributed by atoms with Gasteiger partial charge in [-0.05, 0) is 62.8 Å². The average molecular weight is 641 g/mol. The lowest BCUT2D eigenvalue weighted by Crippen LogP contribution is -2.44. The van der Waals surface area contributed by atoms with E-state index in [9.17, 15) is 14.4 Å². The lowest BCUT2D eigenvalue weighted by Gasteiger charge is -2.43. The molecule has 1 spiro atoms.